The third kappa shape index (κ3) is 3.77. The van der Waals surface area contributed by atoms with E-state index in [1.165, 1.54) is 0 Å². The zero-order valence-electron chi connectivity index (χ0n) is 14.7. The van der Waals surface area contributed by atoms with Crippen molar-refractivity contribution in [1.29, 1.82) is 0 Å². The quantitative estimate of drug-likeness (QED) is 0.561. The lowest BCUT2D eigenvalue weighted by molar-refractivity contribution is 0.102. The molecule has 5 heteroatoms. The summed E-state index contributed by atoms with van der Waals surface area (Å²) in [6.45, 7) is 2.01. The number of carbonyl (C=O) groups is 1. The first-order valence-electron chi connectivity index (χ1n) is 8.57. The van der Waals surface area contributed by atoms with Crippen LogP contribution in [0, 0.1) is 6.92 Å². The lowest BCUT2D eigenvalue weighted by Gasteiger charge is -2.06. The van der Waals surface area contributed by atoms with Crippen LogP contribution in [0.1, 0.15) is 15.9 Å². The molecule has 0 spiro atoms. The van der Waals surface area contributed by atoms with Gasteiger partial charge in [-0.15, -0.1) is 0 Å². The fourth-order valence-electron chi connectivity index (χ4n) is 2.65. The van der Waals surface area contributed by atoms with Gasteiger partial charge in [0.1, 0.15) is 0 Å². The molecule has 3 aromatic carbocycles. The molecule has 4 rings (SSSR count). The number of carbonyl (C=O) groups excluding carboxylic acids is 1. The van der Waals surface area contributed by atoms with Gasteiger partial charge in [-0.05, 0) is 43.3 Å². The predicted molar refractivity (Wildman–Crippen MR) is 104 cm³/mol. The van der Waals surface area contributed by atoms with Gasteiger partial charge < -0.3 is 9.84 Å². The molecule has 1 N–H and O–H groups in total. The Morgan fingerprint density at radius 3 is 2.26 bits per heavy atom. The third-order valence-electron chi connectivity index (χ3n) is 4.16. The fourth-order valence-corrected chi connectivity index (χ4v) is 2.65. The molecule has 1 aromatic heterocycles. The van der Waals surface area contributed by atoms with Crippen molar-refractivity contribution in [2.24, 2.45) is 0 Å². The second-order valence-electron chi connectivity index (χ2n) is 6.19. The second kappa shape index (κ2) is 7.25. The monoisotopic (exact) mass is 355 g/mol. The molecule has 0 saturated carbocycles. The molecule has 0 aliphatic carbocycles. The van der Waals surface area contributed by atoms with Gasteiger partial charge >= 0.3 is 0 Å². The summed E-state index contributed by atoms with van der Waals surface area (Å²) in [6.07, 6.45) is 0. The molecular weight excluding hydrogens is 338 g/mol. The summed E-state index contributed by atoms with van der Waals surface area (Å²) in [5, 5.41) is 6.90. The van der Waals surface area contributed by atoms with Gasteiger partial charge in [-0.25, -0.2) is 0 Å². The number of aryl methyl sites for hydroxylation is 1. The summed E-state index contributed by atoms with van der Waals surface area (Å²) >= 11 is 0. The van der Waals surface area contributed by atoms with E-state index in [9.17, 15) is 4.79 Å². The minimum Gasteiger partial charge on any atom is -0.334 e. The third-order valence-corrected chi connectivity index (χ3v) is 4.16. The molecule has 0 aliphatic rings. The lowest BCUT2D eigenvalue weighted by Crippen LogP contribution is -2.11. The van der Waals surface area contributed by atoms with Crippen molar-refractivity contribution in [2.45, 2.75) is 6.92 Å². The average molecular weight is 355 g/mol. The molecule has 0 bridgehead atoms. The average Bonchev–Trinajstić information content (AvgIpc) is 3.21. The smallest absolute Gasteiger partial charge is 0.258 e. The Labute approximate surface area is 156 Å². The first-order valence-corrected chi connectivity index (χ1v) is 8.57. The van der Waals surface area contributed by atoms with Crippen molar-refractivity contribution in [3.05, 3.63) is 90.0 Å². The Hall–Kier alpha value is -3.73. The number of rotatable bonds is 4. The van der Waals surface area contributed by atoms with Gasteiger partial charge in [-0.3, -0.25) is 4.79 Å². The van der Waals surface area contributed by atoms with Crippen LogP contribution >= 0.6 is 0 Å². The van der Waals surface area contributed by atoms with E-state index in [0.717, 1.165) is 22.4 Å². The Balaban J connectivity index is 1.50. The van der Waals surface area contributed by atoms with Crippen LogP contribution in [0.15, 0.2) is 83.4 Å². The van der Waals surface area contributed by atoms with Crippen molar-refractivity contribution in [1.82, 2.24) is 10.1 Å². The molecule has 1 heterocycles. The Kier molecular flexibility index (Phi) is 4.49. The highest BCUT2D eigenvalue weighted by atomic mass is 16.5. The molecule has 0 aliphatic heterocycles. The van der Waals surface area contributed by atoms with Crippen LogP contribution in [0.4, 0.5) is 5.69 Å². The molecule has 5 nitrogen and oxygen atoms in total. The number of amides is 1. The minimum absolute atomic E-state index is 0.166. The van der Waals surface area contributed by atoms with Crippen molar-refractivity contribution in [3.8, 4) is 22.8 Å². The van der Waals surface area contributed by atoms with Crippen LogP contribution in [0.5, 0.6) is 0 Å². The fraction of sp³-hybridized carbons (Fsp3) is 0.0455. The SMILES string of the molecule is Cc1ccc(NC(=O)c2ccc(-c3nc(-c4ccccc4)no3)cc2)cc1. The van der Waals surface area contributed by atoms with Gasteiger partial charge in [-0.2, -0.15) is 4.98 Å². The molecule has 4 aromatic rings. The number of anilines is 1. The van der Waals surface area contributed by atoms with E-state index in [-0.39, 0.29) is 5.91 Å². The Morgan fingerprint density at radius 1 is 0.852 bits per heavy atom. The predicted octanol–water partition coefficient (Wildman–Crippen LogP) is 4.96. The van der Waals surface area contributed by atoms with E-state index >= 15 is 0 Å². The molecule has 1 amide bonds. The Bertz CT molecular complexity index is 1050. The summed E-state index contributed by atoms with van der Waals surface area (Å²) in [5.41, 5.74) is 4.12. The minimum atomic E-state index is -0.166. The highest BCUT2D eigenvalue weighted by Gasteiger charge is 2.12. The van der Waals surface area contributed by atoms with E-state index in [1.54, 1.807) is 24.3 Å². The molecule has 0 saturated heterocycles. The van der Waals surface area contributed by atoms with Gasteiger partial charge in [0.2, 0.25) is 5.82 Å². The number of nitrogens with zero attached hydrogens (tertiary/aromatic N) is 2. The van der Waals surface area contributed by atoms with Gasteiger partial charge in [0.05, 0.1) is 0 Å². The maximum absolute atomic E-state index is 12.4. The van der Waals surface area contributed by atoms with Gasteiger partial charge in [0, 0.05) is 22.4 Å². The van der Waals surface area contributed by atoms with Crippen LogP contribution in [0.25, 0.3) is 22.8 Å². The van der Waals surface area contributed by atoms with Crippen LogP contribution < -0.4 is 5.32 Å². The van der Waals surface area contributed by atoms with Crippen LogP contribution in [-0.2, 0) is 0 Å². The normalized spacial score (nSPS) is 10.6. The number of nitrogens with one attached hydrogen (secondary N) is 1. The largest absolute Gasteiger partial charge is 0.334 e. The molecule has 0 fully saturated rings. The molecule has 132 valence electrons. The van der Waals surface area contributed by atoms with E-state index in [2.05, 4.69) is 15.5 Å². The van der Waals surface area contributed by atoms with Crippen molar-refractivity contribution in [2.75, 3.05) is 5.32 Å². The molecule has 27 heavy (non-hydrogen) atoms. The maximum Gasteiger partial charge on any atom is 0.258 e. The van der Waals surface area contributed by atoms with Gasteiger partial charge in [0.15, 0.2) is 0 Å². The van der Waals surface area contributed by atoms with Crippen molar-refractivity contribution in [3.63, 3.8) is 0 Å². The summed E-state index contributed by atoms with van der Waals surface area (Å²) in [4.78, 5) is 16.8. The summed E-state index contributed by atoms with van der Waals surface area (Å²) in [6, 6.07) is 24.4. The topological polar surface area (TPSA) is 68.0 Å². The van der Waals surface area contributed by atoms with Gasteiger partial charge in [0.25, 0.3) is 11.8 Å². The molecule has 0 unspecified atom stereocenters. The zero-order valence-corrected chi connectivity index (χ0v) is 14.7. The number of hydrogen-bond acceptors (Lipinski definition) is 4. The van der Waals surface area contributed by atoms with Crippen LogP contribution in [0.3, 0.4) is 0 Å². The summed E-state index contributed by atoms with van der Waals surface area (Å²) < 4.78 is 5.35. The highest BCUT2D eigenvalue weighted by Crippen LogP contribution is 2.22. The summed E-state index contributed by atoms with van der Waals surface area (Å²) in [5.74, 6) is 0.784. The van der Waals surface area contributed by atoms with Crippen LogP contribution in [-0.4, -0.2) is 16.0 Å². The first-order chi connectivity index (χ1) is 13.2. The first kappa shape index (κ1) is 16.7. The molecule has 0 radical (unpaired) electrons. The van der Waals surface area contributed by atoms with E-state index in [4.69, 9.17) is 4.52 Å². The molecular formula is C22H17N3O2. The van der Waals surface area contributed by atoms with Crippen molar-refractivity contribution < 1.29 is 9.32 Å². The standard InChI is InChI=1S/C22H17N3O2/c1-15-7-13-19(14-8-15)23-21(26)17-9-11-18(12-10-17)22-24-20(25-27-22)16-5-3-2-4-6-16/h2-14H,1H3,(H,23,26). The van der Waals surface area contributed by atoms with E-state index in [1.807, 2.05) is 61.5 Å². The number of hydrogen-bond donors (Lipinski definition) is 1. The highest BCUT2D eigenvalue weighted by molar-refractivity contribution is 6.04. The lowest BCUT2D eigenvalue weighted by atomic mass is 10.1. The molecule has 0 atom stereocenters. The number of benzene rings is 3. The maximum atomic E-state index is 12.4. The van der Waals surface area contributed by atoms with Crippen LogP contribution in [0.2, 0.25) is 0 Å². The van der Waals surface area contributed by atoms with Crippen molar-refractivity contribution >= 4 is 11.6 Å². The Morgan fingerprint density at radius 2 is 1.56 bits per heavy atom. The van der Waals surface area contributed by atoms with E-state index < -0.39 is 0 Å². The summed E-state index contributed by atoms with van der Waals surface area (Å²) in [7, 11) is 0. The zero-order chi connectivity index (χ0) is 18.6. The van der Waals surface area contributed by atoms with E-state index in [0.29, 0.717) is 17.3 Å². The van der Waals surface area contributed by atoms with Gasteiger partial charge in [-0.1, -0.05) is 53.2 Å². The number of aromatic nitrogens is 2. The second-order valence-corrected chi connectivity index (χ2v) is 6.19.